The molecule has 100 valence electrons. The zero-order chi connectivity index (χ0) is 14.1. The fourth-order valence-electron chi connectivity index (χ4n) is 2.03. The molecule has 0 aliphatic carbocycles. The first-order chi connectivity index (χ1) is 9.67. The van der Waals surface area contributed by atoms with Crippen LogP contribution in [0.1, 0.15) is 0 Å². The summed E-state index contributed by atoms with van der Waals surface area (Å²) in [5, 5.41) is 1.34. The molecule has 1 aromatic heterocycles. The Hall–Kier alpha value is -1.84. The SMILES string of the molecule is COc1ccc(-c2cc(=O)c3ccc(Cl)cc3s2)cc1. The minimum absolute atomic E-state index is 0.0150. The van der Waals surface area contributed by atoms with Gasteiger partial charge in [0, 0.05) is 26.1 Å². The van der Waals surface area contributed by atoms with Gasteiger partial charge in [0.1, 0.15) is 5.75 Å². The smallest absolute Gasteiger partial charge is 0.188 e. The molecule has 0 bridgehead atoms. The second-order valence-electron chi connectivity index (χ2n) is 4.34. The van der Waals surface area contributed by atoms with Crippen LogP contribution in [0.15, 0.2) is 53.3 Å². The molecule has 0 atom stereocenters. The van der Waals surface area contributed by atoms with Crippen molar-refractivity contribution in [2.75, 3.05) is 7.11 Å². The summed E-state index contributed by atoms with van der Waals surface area (Å²) in [7, 11) is 1.63. The van der Waals surface area contributed by atoms with Crippen LogP contribution in [-0.4, -0.2) is 7.11 Å². The summed E-state index contributed by atoms with van der Waals surface area (Å²) in [6, 6.07) is 14.7. The summed E-state index contributed by atoms with van der Waals surface area (Å²) in [6.07, 6.45) is 0. The van der Waals surface area contributed by atoms with E-state index in [1.165, 1.54) is 0 Å². The Bertz CT molecular complexity index is 822. The lowest BCUT2D eigenvalue weighted by Crippen LogP contribution is -1.98. The van der Waals surface area contributed by atoms with Crippen molar-refractivity contribution in [1.82, 2.24) is 0 Å². The van der Waals surface area contributed by atoms with E-state index in [2.05, 4.69) is 0 Å². The second kappa shape index (κ2) is 5.27. The van der Waals surface area contributed by atoms with Crippen molar-refractivity contribution in [3.8, 4) is 16.2 Å². The average Bonchev–Trinajstić information content (AvgIpc) is 2.46. The third-order valence-electron chi connectivity index (χ3n) is 3.07. The third kappa shape index (κ3) is 2.42. The van der Waals surface area contributed by atoms with Gasteiger partial charge in [-0.05, 0) is 48.0 Å². The molecule has 0 N–H and O–H groups in total. The number of hydrogen-bond acceptors (Lipinski definition) is 3. The quantitative estimate of drug-likeness (QED) is 0.692. The molecule has 3 rings (SSSR count). The number of hydrogen-bond donors (Lipinski definition) is 0. The van der Waals surface area contributed by atoms with Crippen molar-refractivity contribution < 1.29 is 4.74 Å². The number of ether oxygens (including phenoxy) is 1. The Kier molecular flexibility index (Phi) is 3.47. The lowest BCUT2D eigenvalue weighted by Gasteiger charge is -2.04. The van der Waals surface area contributed by atoms with E-state index in [1.807, 2.05) is 30.3 Å². The standard InChI is InChI=1S/C16H11ClO2S/c1-19-12-5-2-10(3-6-12)15-9-14(18)13-7-4-11(17)8-16(13)20-15/h2-9H,1H3. The summed E-state index contributed by atoms with van der Waals surface area (Å²) in [5.41, 5.74) is 1.01. The molecule has 0 saturated carbocycles. The Morgan fingerprint density at radius 1 is 1.05 bits per heavy atom. The lowest BCUT2D eigenvalue weighted by atomic mass is 10.1. The minimum Gasteiger partial charge on any atom is -0.497 e. The largest absolute Gasteiger partial charge is 0.497 e. The van der Waals surface area contributed by atoms with Gasteiger partial charge >= 0.3 is 0 Å². The first kappa shape index (κ1) is 13.2. The van der Waals surface area contributed by atoms with E-state index < -0.39 is 0 Å². The summed E-state index contributed by atoms with van der Waals surface area (Å²) >= 11 is 7.55. The van der Waals surface area contributed by atoms with Crippen LogP contribution in [0.2, 0.25) is 5.02 Å². The molecular weight excluding hydrogens is 292 g/mol. The Labute approximate surface area is 125 Å². The molecule has 0 aliphatic rings. The Balaban J connectivity index is 2.18. The highest BCUT2D eigenvalue weighted by Crippen LogP contribution is 2.30. The molecule has 0 amide bonds. The molecule has 1 heterocycles. The summed E-state index contributed by atoms with van der Waals surface area (Å²) in [4.78, 5) is 13.1. The van der Waals surface area contributed by atoms with E-state index in [-0.39, 0.29) is 5.43 Å². The first-order valence-corrected chi connectivity index (χ1v) is 7.24. The van der Waals surface area contributed by atoms with E-state index >= 15 is 0 Å². The van der Waals surface area contributed by atoms with E-state index in [9.17, 15) is 4.79 Å². The minimum atomic E-state index is 0.0150. The fraction of sp³-hybridized carbons (Fsp3) is 0.0625. The van der Waals surface area contributed by atoms with Crippen LogP contribution in [-0.2, 0) is 0 Å². The van der Waals surface area contributed by atoms with Crippen LogP contribution in [0.3, 0.4) is 0 Å². The maximum absolute atomic E-state index is 12.1. The van der Waals surface area contributed by atoms with Gasteiger partial charge in [-0.15, -0.1) is 11.3 Å². The molecule has 0 saturated heterocycles. The lowest BCUT2D eigenvalue weighted by molar-refractivity contribution is 0.415. The molecule has 0 radical (unpaired) electrons. The van der Waals surface area contributed by atoms with Crippen LogP contribution in [0.4, 0.5) is 0 Å². The van der Waals surface area contributed by atoms with Gasteiger partial charge in [-0.1, -0.05) is 11.6 Å². The van der Waals surface area contributed by atoms with Gasteiger partial charge in [0.15, 0.2) is 5.43 Å². The van der Waals surface area contributed by atoms with Gasteiger partial charge in [-0.3, -0.25) is 4.79 Å². The maximum Gasteiger partial charge on any atom is 0.188 e. The predicted molar refractivity (Wildman–Crippen MR) is 85.1 cm³/mol. The van der Waals surface area contributed by atoms with Crippen LogP contribution >= 0.6 is 22.9 Å². The van der Waals surface area contributed by atoms with Gasteiger partial charge in [0.25, 0.3) is 0 Å². The van der Waals surface area contributed by atoms with Crippen molar-refractivity contribution in [2.45, 2.75) is 0 Å². The fourth-order valence-corrected chi connectivity index (χ4v) is 3.38. The normalized spacial score (nSPS) is 10.7. The highest BCUT2D eigenvalue weighted by atomic mass is 35.5. The van der Waals surface area contributed by atoms with Gasteiger partial charge in [-0.25, -0.2) is 0 Å². The zero-order valence-electron chi connectivity index (χ0n) is 10.7. The summed E-state index contributed by atoms with van der Waals surface area (Å²) < 4.78 is 6.04. The predicted octanol–water partition coefficient (Wildman–Crippen LogP) is 4.59. The van der Waals surface area contributed by atoms with Crippen molar-refractivity contribution in [1.29, 1.82) is 0 Å². The van der Waals surface area contributed by atoms with Crippen LogP contribution in [0.25, 0.3) is 20.5 Å². The number of methoxy groups -OCH3 is 1. The molecule has 3 aromatic rings. The van der Waals surface area contributed by atoms with Crippen LogP contribution < -0.4 is 10.2 Å². The number of halogens is 1. The number of fused-ring (bicyclic) bond motifs is 1. The summed E-state index contributed by atoms with van der Waals surface area (Å²) in [5.74, 6) is 0.796. The van der Waals surface area contributed by atoms with Crippen molar-refractivity contribution in [3.05, 3.63) is 63.8 Å². The average molecular weight is 303 g/mol. The Morgan fingerprint density at radius 2 is 1.80 bits per heavy atom. The first-order valence-electron chi connectivity index (χ1n) is 6.05. The molecule has 0 fully saturated rings. The van der Waals surface area contributed by atoms with E-state index in [0.29, 0.717) is 10.4 Å². The number of benzene rings is 2. The highest BCUT2D eigenvalue weighted by molar-refractivity contribution is 7.21. The van der Waals surface area contributed by atoms with E-state index in [1.54, 1.807) is 36.6 Å². The van der Waals surface area contributed by atoms with Crippen LogP contribution in [0.5, 0.6) is 5.75 Å². The van der Waals surface area contributed by atoms with Crippen LogP contribution in [0, 0.1) is 0 Å². The molecule has 2 aromatic carbocycles. The van der Waals surface area contributed by atoms with Crippen molar-refractivity contribution >= 4 is 33.0 Å². The van der Waals surface area contributed by atoms with Gasteiger partial charge in [0.05, 0.1) is 7.11 Å². The molecule has 20 heavy (non-hydrogen) atoms. The molecule has 0 aliphatic heterocycles. The van der Waals surface area contributed by atoms with Gasteiger partial charge in [0.2, 0.25) is 0 Å². The summed E-state index contributed by atoms with van der Waals surface area (Å²) in [6.45, 7) is 0. The molecule has 0 unspecified atom stereocenters. The molecule has 2 nitrogen and oxygen atoms in total. The molecule has 0 spiro atoms. The van der Waals surface area contributed by atoms with Gasteiger partial charge in [-0.2, -0.15) is 0 Å². The van der Waals surface area contributed by atoms with E-state index in [0.717, 1.165) is 20.9 Å². The number of rotatable bonds is 2. The monoisotopic (exact) mass is 302 g/mol. The topological polar surface area (TPSA) is 26.3 Å². The van der Waals surface area contributed by atoms with Gasteiger partial charge < -0.3 is 4.74 Å². The van der Waals surface area contributed by atoms with Crippen molar-refractivity contribution in [2.24, 2.45) is 0 Å². The highest BCUT2D eigenvalue weighted by Gasteiger charge is 2.06. The Morgan fingerprint density at radius 3 is 2.50 bits per heavy atom. The molecule has 4 heteroatoms. The zero-order valence-corrected chi connectivity index (χ0v) is 12.3. The second-order valence-corrected chi connectivity index (χ2v) is 5.86. The van der Waals surface area contributed by atoms with E-state index in [4.69, 9.17) is 16.3 Å². The molecular formula is C16H11ClO2S. The third-order valence-corrected chi connectivity index (χ3v) is 4.43. The van der Waals surface area contributed by atoms with Crippen molar-refractivity contribution in [3.63, 3.8) is 0 Å². The maximum atomic E-state index is 12.1.